The lowest BCUT2D eigenvalue weighted by molar-refractivity contribution is 0.626. The van der Waals surface area contributed by atoms with E-state index in [1.54, 1.807) is 30.0 Å². The number of hydrogen-bond donors (Lipinski definition) is 1. The van der Waals surface area contributed by atoms with Gasteiger partial charge in [-0.3, -0.25) is 18.5 Å². The topological polar surface area (TPSA) is 86.2 Å². The molecule has 0 atom stereocenters. The third-order valence-electron chi connectivity index (χ3n) is 5.06. The largest absolute Gasteiger partial charge is 0.332 e. The first-order valence-corrected chi connectivity index (χ1v) is 9.61. The van der Waals surface area contributed by atoms with Crippen LogP contribution in [-0.2, 0) is 20.6 Å². The molecule has 0 aliphatic rings. The molecule has 2 aromatic heterocycles. The van der Waals surface area contributed by atoms with Crippen molar-refractivity contribution in [2.24, 2.45) is 19.2 Å². The first kappa shape index (κ1) is 20.3. The second-order valence-electron chi connectivity index (χ2n) is 7.31. The number of hydrogen-bond acceptors (Lipinski definition) is 5. The fourth-order valence-electron chi connectivity index (χ4n) is 3.28. The molecule has 0 saturated heterocycles. The number of nitrogens with zero attached hydrogens (tertiary/aromatic N) is 5. The van der Waals surface area contributed by atoms with Crippen molar-refractivity contribution < 1.29 is 4.39 Å². The highest BCUT2D eigenvalue weighted by Gasteiger charge is 2.19. The molecule has 0 unspecified atom stereocenters. The maximum atomic E-state index is 13.3. The number of hydrazone groups is 1. The Morgan fingerprint density at radius 3 is 2.39 bits per heavy atom. The maximum absolute atomic E-state index is 13.3. The monoisotopic (exact) mass is 420 g/mol. The van der Waals surface area contributed by atoms with Gasteiger partial charge in [-0.1, -0.05) is 42.0 Å². The SMILES string of the molecule is Cc1ccc(/C=N\Nc2nc3c(c(=O)n(C)c(=O)n3C)n2Cc2ccc(F)cc2)cc1. The lowest BCUT2D eigenvalue weighted by atomic mass is 10.2. The number of aryl methyl sites for hydroxylation is 2. The van der Waals surface area contributed by atoms with E-state index in [0.29, 0.717) is 5.95 Å². The molecule has 9 heteroatoms. The van der Waals surface area contributed by atoms with Gasteiger partial charge in [-0.2, -0.15) is 10.1 Å². The third kappa shape index (κ3) is 3.89. The molecule has 8 nitrogen and oxygen atoms in total. The Balaban J connectivity index is 1.80. The van der Waals surface area contributed by atoms with E-state index < -0.39 is 11.2 Å². The average molecular weight is 420 g/mol. The number of imidazole rings is 1. The molecule has 0 saturated carbocycles. The van der Waals surface area contributed by atoms with Gasteiger partial charge in [0.05, 0.1) is 12.8 Å². The molecule has 2 heterocycles. The highest BCUT2D eigenvalue weighted by Crippen LogP contribution is 2.18. The van der Waals surface area contributed by atoms with E-state index >= 15 is 0 Å². The van der Waals surface area contributed by atoms with Crippen LogP contribution >= 0.6 is 0 Å². The van der Waals surface area contributed by atoms with Crippen LogP contribution in [0.25, 0.3) is 11.2 Å². The number of rotatable bonds is 5. The van der Waals surface area contributed by atoms with Crippen LogP contribution in [0, 0.1) is 12.7 Å². The highest BCUT2D eigenvalue weighted by molar-refractivity contribution is 5.80. The number of nitrogens with one attached hydrogen (secondary N) is 1. The molecule has 4 rings (SSSR count). The van der Waals surface area contributed by atoms with Gasteiger partial charge in [0.1, 0.15) is 5.82 Å². The molecule has 0 bridgehead atoms. The molecule has 158 valence electrons. The first-order valence-electron chi connectivity index (χ1n) is 9.61. The van der Waals surface area contributed by atoms with Gasteiger partial charge in [0, 0.05) is 14.1 Å². The summed E-state index contributed by atoms with van der Waals surface area (Å²) in [6, 6.07) is 13.8. The van der Waals surface area contributed by atoms with Crippen molar-refractivity contribution in [2.75, 3.05) is 5.43 Å². The van der Waals surface area contributed by atoms with Gasteiger partial charge in [0.2, 0.25) is 5.95 Å². The molecule has 2 aromatic carbocycles. The van der Waals surface area contributed by atoms with Crippen molar-refractivity contribution in [1.82, 2.24) is 18.7 Å². The zero-order valence-electron chi connectivity index (χ0n) is 17.3. The molecule has 31 heavy (non-hydrogen) atoms. The molecular formula is C22H21FN6O2. The van der Waals surface area contributed by atoms with Crippen LogP contribution in [0.15, 0.2) is 63.2 Å². The molecular weight excluding hydrogens is 399 g/mol. The van der Waals surface area contributed by atoms with Crippen LogP contribution in [0.4, 0.5) is 10.3 Å². The summed E-state index contributed by atoms with van der Waals surface area (Å²) in [6.45, 7) is 2.24. The quantitative estimate of drug-likeness (QED) is 0.397. The number of anilines is 1. The van der Waals surface area contributed by atoms with Crippen LogP contribution in [-0.4, -0.2) is 24.9 Å². The van der Waals surface area contributed by atoms with Crippen molar-refractivity contribution in [2.45, 2.75) is 13.5 Å². The summed E-state index contributed by atoms with van der Waals surface area (Å²) >= 11 is 0. The summed E-state index contributed by atoms with van der Waals surface area (Å²) in [4.78, 5) is 29.6. The lowest BCUT2D eigenvalue weighted by Crippen LogP contribution is -2.37. The van der Waals surface area contributed by atoms with Gasteiger partial charge >= 0.3 is 5.69 Å². The van der Waals surface area contributed by atoms with E-state index in [1.807, 2.05) is 31.2 Å². The molecule has 0 amide bonds. The second-order valence-corrected chi connectivity index (χ2v) is 7.31. The number of benzene rings is 2. The van der Waals surface area contributed by atoms with Crippen LogP contribution in [0.1, 0.15) is 16.7 Å². The Labute approximate surface area is 176 Å². The fourth-order valence-corrected chi connectivity index (χ4v) is 3.28. The number of fused-ring (bicyclic) bond motifs is 1. The number of aromatic nitrogens is 4. The van der Waals surface area contributed by atoms with E-state index in [9.17, 15) is 14.0 Å². The minimum Gasteiger partial charge on any atom is -0.298 e. The minimum absolute atomic E-state index is 0.239. The predicted octanol–water partition coefficient (Wildman–Crippen LogP) is 2.38. The molecule has 0 aliphatic carbocycles. The van der Waals surface area contributed by atoms with Gasteiger partial charge in [0.25, 0.3) is 5.56 Å². The third-order valence-corrected chi connectivity index (χ3v) is 5.06. The summed E-state index contributed by atoms with van der Waals surface area (Å²) < 4.78 is 17.3. The smallest absolute Gasteiger partial charge is 0.298 e. The zero-order valence-corrected chi connectivity index (χ0v) is 17.3. The van der Waals surface area contributed by atoms with Crippen molar-refractivity contribution >= 4 is 23.3 Å². The molecule has 0 aliphatic heterocycles. The van der Waals surface area contributed by atoms with E-state index in [1.165, 1.54) is 23.7 Å². The van der Waals surface area contributed by atoms with Crippen molar-refractivity contribution in [3.63, 3.8) is 0 Å². The summed E-state index contributed by atoms with van der Waals surface area (Å²) in [7, 11) is 2.97. The fraction of sp³-hybridized carbons (Fsp3) is 0.182. The molecule has 1 N–H and O–H groups in total. The van der Waals surface area contributed by atoms with Gasteiger partial charge in [-0.15, -0.1) is 0 Å². The minimum atomic E-state index is -0.473. The van der Waals surface area contributed by atoms with Crippen molar-refractivity contribution in [3.05, 3.63) is 91.9 Å². The Morgan fingerprint density at radius 1 is 1.03 bits per heavy atom. The van der Waals surface area contributed by atoms with Crippen LogP contribution in [0.5, 0.6) is 0 Å². The standard InChI is InChI=1S/C22H21FN6O2/c1-14-4-6-15(7-5-14)12-24-26-21-25-19-18(20(30)28(3)22(31)27(19)2)29(21)13-16-8-10-17(23)11-9-16/h4-12H,13H2,1-3H3,(H,25,26)/b24-12-. The summed E-state index contributed by atoms with van der Waals surface area (Å²) in [6.07, 6.45) is 1.64. The molecule has 0 spiro atoms. The number of halogens is 1. The van der Waals surface area contributed by atoms with Crippen LogP contribution < -0.4 is 16.7 Å². The highest BCUT2D eigenvalue weighted by atomic mass is 19.1. The first-order chi connectivity index (χ1) is 14.8. The Hall–Kier alpha value is -4.01. The van der Waals surface area contributed by atoms with Crippen molar-refractivity contribution in [1.29, 1.82) is 0 Å². The molecule has 0 radical (unpaired) electrons. The summed E-state index contributed by atoms with van der Waals surface area (Å²) in [5.41, 5.74) is 5.22. The Morgan fingerprint density at radius 2 is 1.71 bits per heavy atom. The average Bonchev–Trinajstić information content (AvgIpc) is 3.12. The zero-order chi connectivity index (χ0) is 22.1. The van der Waals surface area contributed by atoms with Crippen molar-refractivity contribution in [3.8, 4) is 0 Å². The van der Waals surface area contributed by atoms with Gasteiger partial charge in [0.15, 0.2) is 11.2 Å². The van der Waals surface area contributed by atoms with E-state index in [0.717, 1.165) is 21.3 Å². The molecule has 0 fully saturated rings. The summed E-state index contributed by atoms with van der Waals surface area (Å²) in [5.74, 6) is -0.0559. The van der Waals surface area contributed by atoms with E-state index in [2.05, 4.69) is 15.5 Å². The second kappa shape index (κ2) is 8.02. The Kier molecular flexibility index (Phi) is 5.24. The molecule has 4 aromatic rings. The van der Waals surface area contributed by atoms with E-state index in [4.69, 9.17) is 0 Å². The summed E-state index contributed by atoms with van der Waals surface area (Å²) in [5, 5.41) is 4.24. The lowest BCUT2D eigenvalue weighted by Gasteiger charge is -2.09. The van der Waals surface area contributed by atoms with Crippen LogP contribution in [0.2, 0.25) is 0 Å². The predicted molar refractivity (Wildman–Crippen MR) is 118 cm³/mol. The van der Waals surface area contributed by atoms with E-state index in [-0.39, 0.29) is 23.5 Å². The van der Waals surface area contributed by atoms with Gasteiger partial charge < -0.3 is 0 Å². The van der Waals surface area contributed by atoms with Gasteiger partial charge in [-0.05, 0) is 30.2 Å². The normalized spacial score (nSPS) is 11.5. The maximum Gasteiger partial charge on any atom is 0.332 e. The van der Waals surface area contributed by atoms with Crippen LogP contribution in [0.3, 0.4) is 0 Å². The Bertz CT molecular complexity index is 1400. The van der Waals surface area contributed by atoms with Gasteiger partial charge in [-0.25, -0.2) is 14.6 Å².